The summed E-state index contributed by atoms with van der Waals surface area (Å²) in [7, 11) is 1.77. The predicted octanol–water partition coefficient (Wildman–Crippen LogP) is 2.08. The topological polar surface area (TPSA) is 61.2 Å². The SMILES string of the molecule is CCOC(=O)C(=O)c1ccc2c(Br)nn(C)c2c1. The molecule has 0 aliphatic rings. The van der Waals surface area contributed by atoms with E-state index in [2.05, 4.69) is 25.8 Å². The molecule has 0 fully saturated rings. The van der Waals surface area contributed by atoms with Gasteiger partial charge in [0, 0.05) is 18.0 Å². The Kier molecular flexibility index (Phi) is 3.47. The van der Waals surface area contributed by atoms with Gasteiger partial charge in [-0.3, -0.25) is 9.48 Å². The van der Waals surface area contributed by atoms with Gasteiger partial charge in [-0.25, -0.2) is 4.79 Å². The molecule has 1 aromatic heterocycles. The quantitative estimate of drug-likeness (QED) is 0.495. The van der Waals surface area contributed by atoms with Gasteiger partial charge in [-0.2, -0.15) is 5.10 Å². The molecule has 5 nitrogen and oxygen atoms in total. The molecule has 94 valence electrons. The number of ketones is 1. The zero-order chi connectivity index (χ0) is 13.3. The number of aromatic nitrogens is 2. The number of hydrogen-bond acceptors (Lipinski definition) is 4. The van der Waals surface area contributed by atoms with E-state index in [0.29, 0.717) is 10.2 Å². The highest BCUT2D eigenvalue weighted by molar-refractivity contribution is 9.10. The second kappa shape index (κ2) is 4.89. The molecule has 0 spiro atoms. The molecular formula is C12H11BrN2O3. The van der Waals surface area contributed by atoms with Crippen LogP contribution >= 0.6 is 15.9 Å². The van der Waals surface area contributed by atoms with Crippen molar-refractivity contribution in [3.63, 3.8) is 0 Å². The number of carbonyl (C=O) groups is 2. The highest BCUT2D eigenvalue weighted by Crippen LogP contribution is 2.23. The van der Waals surface area contributed by atoms with Crippen LogP contribution in [0.15, 0.2) is 22.8 Å². The van der Waals surface area contributed by atoms with E-state index < -0.39 is 11.8 Å². The van der Waals surface area contributed by atoms with Gasteiger partial charge in [0.25, 0.3) is 5.78 Å². The van der Waals surface area contributed by atoms with E-state index in [1.807, 2.05) is 0 Å². The summed E-state index contributed by atoms with van der Waals surface area (Å²) in [6, 6.07) is 4.97. The Morgan fingerprint density at radius 1 is 1.44 bits per heavy atom. The van der Waals surface area contributed by atoms with Crippen LogP contribution in [0.2, 0.25) is 0 Å². The second-order valence-corrected chi connectivity index (χ2v) is 4.45. The predicted molar refractivity (Wildman–Crippen MR) is 69.4 cm³/mol. The van der Waals surface area contributed by atoms with Crippen LogP contribution in [0, 0.1) is 0 Å². The van der Waals surface area contributed by atoms with Crippen molar-refractivity contribution in [3.05, 3.63) is 28.4 Å². The van der Waals surface area contributed by atoms with Crippen LogP contribution in [0.3, 0.4) is 0 Å². The minimum absolute atomic E-state index is 0.185. The summed E-state index contributed by atoms with van der Waals surface area (Å²) in [6.45, 7) is 1.84. The number of Topliss-reactive ketones (excluding diaryl/α,β-unsaturated/α-hetero) is 1. The van der Waals surface area contributed by atoms with Gasteiger partial charge >= 0.3 is 5.97 Å². The average Bonchev–Trinajstić information content (AvgIpc) is 2.64. The molecule has 0 unspecified atom stereocenters. The Balaban J connectivity index is 2.44. The zero-order valence-electron chi connectivity index (χ0n) is 9.94. The number of rotatable bonds is 3. The van der Waals surface area contributed by atoms with Crippen molar-refractivity contribution in [2.24, 2.45) is 7.05 Å². The first-order valence-electron chi connectivity index (χ1n) is 5.38. The number of fused-ring (bicyclic) bond motifs is 1. The number of nitrogens with zero attached hydrogens (tertiary/aromatic N) is 2. The van der Waals surface area contributed by atoms with Crippen molar-refractivity contribution in [2.75, 3.05) is 6.61 Å². The lowest BCUT2D eigenvalue weighted by molar-refractivity contribution is -0.137. The molecule has 2 aromatic rings. The lowest BCUT2D eigenvalue weighted by Crippen LogP contribution is -2.17. The first-order valence-corrected chi connectivity index (χ1v) is 6.17. The van der Waals surface area contributed by atoms with E-state index in [1.165, 1.54) is 0 Å². The second-order valence-electron chi connectivity index (χ2n) is 3.70. The van der Waals surface area contributed by atoms with Crippen LogP contribution in [0.4, 0.5) is 0 Å². The Hall–Kier alpha value is -1.69. The van der Waals surface area contributed by atoms with Gasteiger partial charge in [-0.1, -0.05) is 0 Å². The van der Waals surface area contributed by atoms with Gasteiger partial charge in [0.05, 0.1) is 12.1 Å². The molecule has 0 radical (unpaired) electrons. The van der Waals surface area contributed by atoms with Crippen molar-refractivity contribution >= 4 is 38.6 Å². The van der Waals surface area contributed by atoms with Gasteiger partial charge in [0.1, 0.15) is 4.60 Å². The van der Waals surface area contributed by atoms with E-state index in [0.717, 1.165) is 10.9 Å². The number of halogens is 1. The fraction of sp³-hybridized carbons (Fsp3) is 0.250. The van der Waals surface area contributed by atoms with Gasteiger partial charge in [0.2, 0.25) is 0 Å². The third-order valence-corrected chi connectivity index (χ3v) is 3.12. The Bertz CT molecular complexity index is 634. The van der Waals surface area contributed by atoms with Crippen molar-refractivity contribution in [2.45, 2.75) is 6.92 Å². The smallest absolute Gasteiger partial charge is 0.379 e. The van der Waals surface area contributed by atoms with E-state index in [-0.39, 0.29) is 6.61 Å². The normalized spacial score (nSPS) is 10.6. The van der Waals surface area contributed by atoms with E-state index >= 15 is 0 Å². The Morgan fingerprint density at radius 3 is 2.83 bits per heavy atom. The summed E-state index contributed by atoms with van der Waals surface area (Å²) >= 11 is 3.32. The number of aryl methyl sites for hydroxylation is 1. The van der Waals surface area contributed by atoms with Crippen LogP contribution in [0.25, 0.3) is 10.9 Å². The maximum absolute atomic E-state index is 11.8. The molecule has 1 aromatic carbocycles. The highest BCUT2D eigenvalue weighted by atomic mass is 79.9. The Labute approximate surface area is 112 Å². The third kappa shape index (κ3) is 2.15. The van der Waals surface area contributed by atoms with Gasteiger partial charge in [0.15, 0.2) is 0 Å². The molecular weight excluding hydrogens is 300 g/mol. The first-order chi connectivity index (χ1) is 8.54. The summed E-state index contributed by atoms with van der Waals surface area (Å²) in [6.07, 6.45) is 0. The van der Waals surface area contributed by atoms with Crippen molar-refractivity contribution in [1.29, 1.82) is 0 Å². The van der Waals surface area contributed by atoms with Crippen LogP contribution in [-0.2, 0) is 16.6 Å². The number of esters is 1. The number of ether oxygens (including phenoxy) is 1. The first kappa shape index (κ1) is 12.8. The van der Waals surface area contributed by atoms with Crippen LogP contribution in [0.1, 0.15) is 17.3 Å². The lowest BCUT2D eigenvalue weighted by atomic mass is 10.1. The minimum atomic E-state index is -0.835. The molecule has 0 aliphatic heterocycles. The van der Waals surface area contributed by atoms with Crippen molar-refractivity contribution in [3.8, 4) is 0 Å². The molecule has 0 atom stereocenters. The monoisotopic (exact) mass is 310 g/mol. The number of hydrogen-bond donors (Lipinski definition) is 0. The summed E-state index contributed by atoms with van der Waals surface area (Å²) in [5.74, 6) is -1.48. The average molecular weight is 311 g/mol. The summed E-state index contributed by atoms with van der Waals surface area (Å²) in [5.41, 5.74) is 1.08. The van der Waals surface area contributed by atoms with Crippen LogP contribution < -0.4 is 0 Å². The molecule has 0 aliphatic carbocycles. The van der Waals surface area contributed by atoms with Gasteiger partial charge < -0.3 is 4.74 Å². The molecule has 2 rings (SSSR count). The standard InChI is InChI=1S/C12H11BrN2O3/c1-3-18-12(17)10(16)7-4-5-8-9(6-7)15(2)14-11(8)13/h4-6H,3H2,1-2H3. The molecule has 0 bridgehead atoms. The van der Waals surface area contributed by atoms with Gasteiger partial charge in [-0.05, 0) is 41.1 Å². The third-order valence-electron chi connectivity index (χ3n) is 2.53. The zero-order valence-corrected chi connectivity index (χ0v) is 11.5. The van der Waals surface area contributed by atoms with Crippen molar-refractivity contribution in [1.82, 2.24) is 9.78 Å². The summed E-state index contributed by atoms with van der Waals surface area (Å²) < 4.78 is 7.03. The fourth-order valence-corrected chi connectivity index (χ4v) is 2.24. The molecule has 18 heavy (non-hydrogen) atoms. The van der Waals surface area contributed by atoms with Crippen LogP contribution in [0.5, 0.6) is 0 Å². The molecule has 0 saturated heterocycles. The fourth-order valence-electron chi connectivity index (χ4n) is 1.67. The number of carbonyl (C=O) groups excluding carboxylic acids is 2. The van der Waals surface area contributed by atoms with E-state index in [9.17, 15) is 9.59 Å². The maximum Gasteiger partial charge on any atom is 0.379 e. The van der Waals surface area contributed by atoms with Gasteiger partial charge in [-0.15, -0.1) is 0 Å². The van der Waals surface area contributed by atoms with E-state index in [4.69, 9.17) is 0 Å². The lowest BCUT2D eigenvalue weighted by Gasteiger charge is -2.01. The molecule has 6 heteroatoms. The summed E-state index contributed by atoms with van der Waals surface area (Å²) in [5, 5.41) is 5.06. The van der Waals surface area contributed by atoms with E-state index in [1.54, 1.807) is 36.9 Å². The summed E-state index contributed by atoms with van der Waals surface area (Å²) in [4.78, 5) is 23.1. The highest BCUT2D eigenvalue weighted by Gasteiger charge is 2.18. The Morgan fingerprint density at radius 2 is 2.17 bits per heavy atom. The molecule has 0 N–H and O–H groups in total. The van der Waals surface area contributed by atoms with Crippen LogP contribution in [-0.4, -0.2) is 28.1 Å². The molecule has 0 amide bonds. The molecule has 1 heterocycles. The number of benzene rings is 1. The molecule has 0 saturated carbocycles. The van der Waals surface area contributed by atoms with Crippen molar-refractivity contribution < 1.29 is 14.3 Å². The maximum atomic E-state index is 11.8. The minimum Gasteiger partial charge on any atom is -0.460 e. The largest absolute Gasteiger partial charge is 0.460 e.